The van der Waals surface area contributed by atoms with Gasteiger partial charge in [-0.2, -0.15) is 0 Å². The van der Waals surface area contributed by atoms with Crippen LogP contribution in [0.5, 0.6) is 0 Å². The van der Waals surface area contributed by atoms with Crippen LogP contribution in [-0.4, -0.2) is 50.0 Å². The number of hydrogen-bond acceptors (Lipinski definition) is 4. The Hall–Kier alpha value is -3.65. The van der Waals surface area contributed by atoms with Crippen LogP contribution < -0.4 is 9.62 Å². The third-order valence-electron chi connectivity index (χ3n) is 5.87. The number of benzene rings is 3. The second-order valence-corrected chi connectivity index (χ2v) is 11.4. The van der Waals surface area contributed by atoms with Gasteiger partial charge in [0.1, 0.15) is 12.6 Å². The maximum atomic E-state index is 13.9. The van der Waals surface area contributed by atoms with E-state index >= 15 is 0 Å². The molecular formula is C29H35N3O4S. The van der Waals surface area contributed by atoms with E-state index in [0.717, 1.165) is 27.3 Å². The molecule has 0 radical (unpaired) electrons. The number of carbonyl (C=O) groups excluding carboxylic acids is 2. The summed E-state index contributed by atoms with van der Waals surface area (Å²) in [6.45, 7) is 5.33. The van der Waals surface area contributed by atoms with Gasteiger partial charge in [0.2, 0.25) is 21.8 Å². The second kappa shape index (κ2) is 12.5. The fourth-order valence-electron chi connectivity index (χ4n) is 4.11. The molecule has 0 aliphatic rings. The SMILES string of the molecule is Cc1cccc(N(CC(=O)N(Cc2ccccc2)[C@@H](Cc2ccccc2)C(=O)NC(C)C)S(C)(=O)=O)c1. The number of carbonyl (C=O) groups is 2. The molecule has 2 amide bonds. The molecule has 8 heteroatoms. The summed E-state index contributed by atoms with van der Waals surface area (Å²) in [4.78, 5) is 28.9. The Labute approximate surface area is 220 Å². The van der Waals surface area contributed by atoms with Gasteiger partial charge in [-0.05, 0) is 49.6 Å². The maximum absolute atomic E-state index is 13.9. The van der Waals surface area contributed by atoms with Crippen LogP contribution in [0.1, 0.15) is 30.5 Å². The van der Waals surface area contributed by atoms with Crippen LogP contribution in [0, 0.1) is 6.92 Å². The lowest BCUT2D eigenvalue weighted by atomic mass is 10.0. The zero-order chi connectivity index (χ0) is 27.0. The van der Waals surface area contributed by atoms with Crippen LogP contribution in [-0.2, 0) is 32.6 Å². The van der Waals surface area contributed by atoms with Crippen LogP contribution in [0.15, 0.2) is 84.9 Å². The summed E-state index contributed by atoms with van der Waals surface area (Å²) >= 11 is 0. The zero-order valence-electron chi connectivity index (χ0n) is 21.8. The number of sulfonamides is 1. The number of amides is 2. The number of anilines is 1. The molecule has 0 spiro atoms. The van der Waals surface area contributed by atoms with Crippen molar-refractivity contribution in [2.75, 3.05) is 17.1 Å². The summed E-state index contributed by atoms with van der Waals surface area (Å²) in [6.07, 6.45) is 1.37. The van der Waals surface area contributed by atoms with Gasteiger partial charge in [0, 0.05) is 19.0 Å². The van der Waals surface area contributed by atoms with Crippen molar-refractivity contribution in [1.82, 2.24) is 10.2 Å². The van der Waals surface area contributed by atoms with Crippen LogP contribution in [0.3, 0.4) is 0 Å². The fourth-order valence-corrected chi connectivity index (χ4v) is 4.95. The van der Waals surface area contributed by atoms with Gasteiger partial charge in [-0.3, -0.25) is 13.9 Å². The standard InChI is InChI=1S/C29H35N3O4S/c1-22(2)30-29(34)27(19-24-13-7-5-8-14-24)31(20-25-15-9-6-10-16-25)28(33)21-32(37(4,35)36)26-17-11-12-23(3)18-26/h5-18,22,27H,19-21H2,1-4H3,(H,30,34)/t27-/m0/s1. The van der Waals surface area contributed by atoms with Crippen molar-refractivity contribution >= 4 is 27.5 Å². The van der Waals surface area contributed by atoms with Gasteiger partial charge in [-0.25, -0.2) is 8.42 Å². The second-order valence-electron chi connectivity index (χ2n) is 9.48. The lowest BCUT2D eigenvalue weighted by Crippen LogP contribution is -2.54. The number of aryl methyl sites for hydroxylation is 1. The van der Waals surface area contributed by atoms with E-state index in [1.54, 1.807) is 18.2 Å². The molecule has 37 heavy (non-hydrogen) atoms. The average molecular weight is 522 g/mol. The highest BCUT2D eigenvalue weighted by Crippen LogP contribution is 2.21. The quantitative estimate of drug-likeness (QED) is 0.414. The Morgan fingerprint density at radius 3 is 2.00 bits per heavy atom. The van der Waals surface area contributed by atoms with Crippen molar-refractivity contribution in [3.05, 3.63) is 102 Å². The van der Waals surface area contributed by atoms with Crippen molar-refractivity contribution < 1.29 is 18.0 Å². The third-order valence-corrected chi connectivity index (χ3v) is 7.01. The van der Waals surface area contributed by atoms with E-state index in [1.807, 2.05) is 87.5 Å². The molecule has 0 aliphatic carbocycles. The van der Waals surface area contributed by atoms with Crippen LogP contribution >= 0.6 is 0 Å². The molecule has 0 bridgehead atoms. The molecule has 0 saturated carbocycles. The van der Waals surface area contributed by atoms with Crippen molar-refractivity contribution in [2.45, 2.75) is 45.8 Å². The van der Waals surface area contributed by atoms with Crippen LogP contribution in [0.25, 0.3) is 0 Å². The third kappa shape index (κ3) is 8.18. The summed E-state index contributed by atoms with van der Waals surface area (Å²) in [7, 11) is -3.77. The van der Waals surface area contributed by atoms with Gasteiger partial charge in [0.15, 0.2) is 0 Å². The highest BCUT2D eigenvalue weighted by molar-refractivity contribution is 7.92. The molecule has 0 fully saturated rings. The molecule has 0 saturated heterocycles. The van der Waals surface area contributed by atoms with Crippen molar-refractivity contribution in [3.8, 4) is 0 Å². The first-order chi connectivity index (χ1) is 17.5. The normalized spacial score (nSPS) is 12.1. The van der Waals surface area contributed by atoms with Crippen molar-refractivity contribution in [2.24, 2.45) is 0 Å². The molecule has 1 atom stereocenters. The molecule has 3 aromatic carbocycles. The molecule has 1 N–H and O–H groups in total. The Morgan fingerprint density at radius 1 is 0.865 bits per heavy atom. The Balaban J connectivity index is 2.03. The monoisotopic (exact) mass is 521 g/mol. The summed E-state index contributed by atoms with van der Waals surface area (Å²) < 4.78 is 26.6. The van der Waals surface area contributed by atoms with Gasteiger partial charge < -0.3 is 10.2 Å². The lowest BCUT2D eigenvalue weighted by molar-refractivity contribution is -0.140. The van der Waals surface area contributed by atoms with Gasteiger partial charge in [0.05, 0.1) is 11.9 Å². The van der Waals surface area contributed by atoms with Gasteiger partial charge >= 0.3 is 0 Å². The molecular weight excluding hydrogens is 486 g/mol. The fraction of sp³-hybridized carbons (Fsp3) is 0.310. The summed E-state index contributed by atoms with van der Waals surface area (Å²) in [5.74, 6) is -0.750. The predicted octanol–water partition coefficient (Wildman–Crippen LogP) is 3.93. The first-order valence-electron chi connectivity index (χ1n) is 12.3. The highest BCUT2D eigenvalue weighted by Gasteiger charge is 2.33. The topological polar surface area (TPSA) is 86.8 Å². The highest BCUT2D eigenvalue weighted by atomic mass is 32.2. The maximum Gasteiger partial charge on any atom is 0.244 e. The molecule has 7 nitrogen and oxygen atoms in total. The minimum Gasteiger partial charge on any atom is -0.352 e. The van der Waals surface area contributed by atoms with E-state index in [1.165, 1.54) is 4.90 Å². The van der Waals surface area contributed by atoms with E-state index in [-0.39, 0.29) is 18.5 Å². The Bertz CT molecular complexity index is 1290. The molecule has 3 aromatic rings. The van der Waals surface area contributed by atoms with E-state index in [0.29, 0.717) is 12.1 Å². The summed E-state index contributed by atoms with van der Waals surface area (Å²) in [6, 6.07) is 24.9. The largest absolute Gasteiger partial charge is 0.352 e. The molecule has 196 valence electrons. The van der Waals surface area contributed by atoms with E-state index in [2.05, 4.69) is 5.32 Å². The van der Waals surface area contributed by atoms with Crippen LogP contribution in [0.4, 0.5) is 5.69 Å². The van der Waals surface area contributed by atoms with Crippen LogP contribution in [0.2, 0.25) is 0 Å². The van der Waals surface area contributed by atoms with E-state index in [4.69, 9.17) is 0 Å². The van der Waals surface area contributed by atoms with E-state index < -0.39 is 28.5 Å². The molecule has 0 aliphatic heterocycles. The van der Waals surface area contributed by atoms with Crippen molar-refractivity contribution in [1.29, 1.82) is 0 Å². The first-order valence-corrected chi connectivity index (χ1v) is 14.1. The lowest BCUT2D eigenvalue weighted by Gasteiger charge is -2.34. The van der Waals surface area contributed by atoms with E-state index in [9.17, 15) is 18.0 Å². The molecule has 0 heterocycles. The average Bonchev–Trinajstić information content (AvgIpc) is 2.84. The molecule has 0 unspecified atom stereocenters. The first kappa shape index (κ1) is 27.9. The predicted molar refractivity (Wildman–Crippen MR) is 148 cm³/mol. The van der Waals surface area contributed by atoms with Gasteiger partial charge in [0.25, 0.3) is 0 Å². The number of nitrogens with one attached hydrogen (secondary N) is 1. The molecule has 3 rings (SSSR count). The number of rotatable bonds is 11. The Kier molecular flexibility index (Phi) is 9.47. The smallest absolute Gasteiger partial charge is 0.244 e. The zero-order valence-corrected chi connectivity index (χ0v) is 22.6. The minimum absolute atomic E-state index is 0.126. The number of hydrogen-bond donors (Lipinski definition) is 1. The van der Waals surface area contributed by atoms with Gasteiger partial charge in [-0.15, -0.1) is 0 Å². The summed E-state index contributed by atoms with van der Waals surface area (Å²) in [5, 5.41) is 2.94. The van der Waals surface area contributed by atoms with Crippen molar-refractivity contribution in [3.63, 3.8) is 0 Å². The minimum atomic E-state index is -3.77. The Morgan fingerprint density at radius 2 is 1.46 bits per heavy atom. The molecule has 0 aromatic heterocycles. The number of nitrogens with zero attached hydrogens (tertiary/aromatic N) is 2. The summed E-state index contributed by atoms with van der Waals surface area (Å²) in [5.41, 5.74) is 3.02. The van der Waals surface area contributed by atoms with Gasteiger partial charge in [-0.1, -0.05) is 72.8 Å².